The second kappa shape index (κ2) is 5.35. The van der Waals surface area contributed by atoms with Crippen LogP contribution in [-0.4, -0.2) is 41.5 Å². The van der Waals surface area contributed by atoms with Gasteiger partial charge < -0.3 is 19.9 Å². The van der Waals surface area contributed by atoms with Gasteiger partial charge in [0.05, 0.1) is 6.04 Å². The van der Waals surface area contributed by atoms with Gasteiger partial charge in [0.15, 0.2) is 6.10 Å². The number of ether oxygens (including phenoxy) is 2. The molecule has 0 spiro atoms. The summed E-state index contributed by atoms with van der Waals surface area (Å²) in [7, 11) is 0. The number of nitrogens with one attached hydrogen (secondary N) is 1. The Morgan fingerprint density at radius 2 is 2.06 bits per heavy atom. The molecule has 0 aromatic carbocycles. The van der Waals surface area contributed by atoms with Crippen LogP contribution in [-0.2, 0) is 14.3 Å². The zero-order chi connectivity index (χ0) is 13.1. The number of carboxylic acids is 1. The van der Waals surface area contributed by atoms with E-state index >= 15 is 0 Å². The average molecular weight is 245 g/mol. The van der Waals surface area contributed by atoms with E-state index in [1.807, 2.05) is 0 Å². The van der Waals surface area contributed by atoms with Crippen molar-refractivity contribution in [3.05, 3.63) is 0 Å². The van der Waals surface area contributed by atoms with Crippen molar-refractivity contribution in [2.75, 3.05) is 6.61 Å². The first-order valence-electron chi connectivity index (χ1n) is 5.63. The molecule has 1 aliphatic rings. The van der Waals surface area contributed by atoms with E-state index in [1.165, 1.54) is 0 Å². The molecule has 2 N–H and O–H groups in total. The predicted molar refractivity (Wildman–Crippen MR) is 59.8 cm³/mol. The molecule has 0 aliphatic carbocycles. The van der Waals surface area contributed by atoms with E-state index in [4.69, 9.17) is 14.6 Å². The SMILES string of the molecule is CC(C)(C)OC(=O)N[C@H]1CCCO[C@H]1C(=O)O. The maximum absolute atomic E-state index is 11.5. The molecule has 98 valence electrons. The van der Waals surface area contributed by atoms with Crippen molar-refractivity contribution >= 4 is 12.1 Å². The minimum atomic E-state index is -1.06. The molecule has 0 saturated carbocycles. The zero-order valence-corrected chi connectivity index (χ0v) is 10.4. The largest absolute Gasteiger partial charge is 0.479 e. The molecule has 0 radical (unpaired) electrons. The molecule has 0 aromatic rings. The first kappa shape index (κ1) is 13.8. The van der Waals surface area contributed by atoms with Gasteiger partial charge in [0.1, 0.15) is 5.60 Å². The highest BCUT2D eigenvalue weighted by Crippen LogP contribution is 2.15. The summed E-state index contributed by atoms with van der Waals surface area (Å²) in [5.41, 5.74) is -0.599. The second-order valence-electron chi connectivity index (χ2n) is 5.02. The Bertz CT molecular complexity index is 297. The van der Waals surface area contributed by atoms with Crippen molar-refractivity contribution in [1.29, 1.82) is 0 Å². The molecule has 17 heavy (non-hydrogen) atoms. The van der Waals surface area contributed by atoms with Crippen molar-refractivity contribution in [3.63, 3.8) is 0 Å². The molecule has 2 atom stereocenters. The highest BCUT2D eigenvalue weighted by molar-refractivity contribution is 5.75. The molecule has 1 rings (SSSR count). The summed E-state index contributed by atoms with van der Waals surface area (Å²) in [6, 6.07) is -0.531. The molecule has 6 heteroatoms. The standard InChI is InChI=1S/C11H19NO5/c1-11(2,3)17-10(15)12-7-5-4-6-16-8(7)9(13)14/h7-8H,4-6H2,1-3H3,(H,12,15)(H,13,14)/t7-,8+/m0/s1. The number of rotatable bonds is 2. The van der Waals surface area contributed by atoms with Crippen LogP contribution in [0, 0.1) is 0 Å². The molecule has 1 aliphatic heterocycles. The third kappa shape index (κ3) is 4.60. The molecule has 6 nitrogen and oxygen atoms in total. The van der Waals surface area contributed by atoms with Crippen LogP contribution >= 0.6 is 0 Å². The van der Waals surface area contributed by atoms with E-state index in [-0.39, 0.29) is 0 Å². The van der Waals surface area contributed by atoms with Gasteiger partial charge in [-0.2, -0.15) is 0 Å². The summed E-state index contributed by atoms with van der Waals surface area (Å²) in [5, 5.41) is 11.5. The molecule has 1 saturated heterocycles. The van der Waals surface area contributed by atoms with Gasteiger partial charge in [0.2, 0.25) is 0 Å². The zero-order valence-electron chi connectivity index (χ0n) is 10.4. The van der Waals surface area contributed by atoms with Gasteiger partial charge in [-0.15, -0.1) is 0 Å². The van der Waals surface area contributed by atoms with Gasteiger partial charge >= 0.3 is 12.1 Å². The fourth-order valence-electron chi connectivity index (χ4n) is 1.63. The molecule has 1 amide bonds. The van der Waals surface area contributed by atoms with E-state index < -0.39 is 29.8 Å². The first-order valence-corrected chi connectivity index (χ1v) is 5.63. The van der Waals surface area contributed by atoms with Crippen molar-refractivity contribution in [1.82, 2.24) is 5.32 Å². The maximum Gasteiger partial charge on any atom is 0.407 e. The topological polar surface area (TPSA) is 84.9 Å². The Labute approximate surface area is 100 Å². The maximum atomic E-state index is 11.5. The van der Waals surface area contributed by atoms with Gasteiger partial charge in [0.25, 0.3) is 0 Å². The van der Waals surface area contributed by atoms with Crippen molar-refractivity contribution < 1.29 is 24.2 Å². The average Bonchev–Trinajstić information content (AvgIpc) is 2.14. The number of alkyl carbamates (subject to hydrolysis) is 1. The summed E-state index contributed by atoms with van der Waals surface area (Å²) in [6.07, 6.45) is -0.295. The van der Waals surface area contributed by atoms with E-state index in [2.05, 4.69) is 5.32 Å². The molecule has 1 fully saturated rings. The highest BCUT2D eigenvalue weighted by atomic mass is 16.6. The van der Waals surface area contributed by atoms with Gasteiger partial charge in [-0.05, 0) is 33.6 Å². The van der Waals surface area contributed by atoms with Crippen LogP contribution in [0.15, 0.2) is 0 Å². The summed E-state index contributed by atoms with van der Waals surface area (Å²) >= 11 is 0. The summed E-state index contributed by atoms with van der Waals surface area (Å²) in [4.78, 5) is 22.4. The summed E-state index contributed by atoms with van der Waals surface area (Å²) in [6.45, 7) is 5.65. The predicted octanol–water partition coefficient (Wildman–Crippen LogP) is 1.14. The number of carbonyl (C=O) groups excluding carboxylic acids is 1. The van der Waals surface area contributed by atoms with Crippen LogP contribution in [0.1, 0.15) is 33.6 Å². The molecule has 0 aromatic heterocycles. The van der Waals surface area contributed by atoms with Crippen LogP contribution in [0.2, 0.25) is 0 Å². The molecule has 1 heterocycles. The van der Waals surface area contributed by atoms with Crippen LogP contribution in [0.5, 0.6) is 0 Å². The Morgan fingerprint density at radius 1 is 1.41 bits per heavy atom. The number of aliphatic carboxylic acids is 1. The molecular formula is C11H19NO5. The third-order valence-electron chi connectivity index (χ3n) is 2.27. The number of carboxylic acid groups (broad SMARTS) is 1. The van der Waals surface area contributed by atoms with Crippen LogP contribution in [0.25, 0.3) is 0 Å². The van der Waals surface area contributed by atoms with E-state index in [0.29, 0.717) is 13.0 Å². The number of amides is 1. The lowest BCUT2D eigenvalue weighted by atomic mass is 10.0. The monoisotopic (exact) mass is 245 g/mol. The number of hydrogen-bond donors (Lipinski definition) is 2. The summed E-state index contributed by atoms with van der Waals surface area (Å²) < 4.78 is 10.2. The smallest absolute Gasteiger partial charge is 0.407 e. The normalized spacial score (nSPS) is 25.1. The summed E-state index contributed by atoms with van der Waals surface area (Å²) in [5.74, 6) is -1.06. The van der Waals surface area contributed by atoms with Crippen molar-refractivity contribution in [3.8, 4) is 0 Å². The Hall–Kier alpha value is -1.30. The number of carbonyl (C=O) groups is 2. The first-order chi connectivity index (χ1) is 7.79. The molecule has 0 unspecified atom stereocenters. The van der Waals surface area contributed by atoms with Crippen LogP contribution < -0.4 is 5.32 Å². The Balaban J connectivity index is 2.53. The lowest BCUT2D eigenvalue weighted by molar-refractivity contribution is -0.155. The quantitative estimate of drug-likeness (QED) is 0.762. The van der Waals surface area contributed by atoms with Crippen molar-refractivity contribution in [2.24, 2.45) is 0 Å². The van der Waals surface area contributed by atoms with E-state index in [9.17, 15) is 9.59 Å². The minimum absolute atomic E-state index is 0.406. The highest BCUT2D eigenvalue weighted by Gasteiger charge is 2.34. The second-order valence-corrected chi connectivity index (χ2v) is 5.02. The van der Waals surface area contributed by atoms with Gasteiger partial charge in [-0.1, -0.05) is 0 Å². The lowest BCUT2D eigenvalue weighted by Crippen LogP contribution is -2.51. The van der Waals surface area contributed by atoms with Crippen LogP contribution in [0.3, 0.4) is 0 Å². The fourth-order valence-corrected chi connectivity index (χ4v) is 1.63. The van der Waals surface area contributed by atoms with Crippen molar-refractivity contribution in [2.45, 2.75) is 51.4 Å². The Kier molecular flexibility index (Phi) is 4.34. The van der Waals surface area contributed by atoms with Gasteiger partial charge in [0, 0.05) is 6.61 Å². The minimum Gasteiger partial charge on any atom is -0.479 e. The van der Waals surface area contributed by atoms with Gasteiger partial charge in [-0.25, -0.2) is 9.59 Å². The van der Waals surface area contributed by atoms with E-state index in [1.54, 1.807) is 20.8 Å². The molecule has 0 bridgehead atoms. The lowest BCUT2D eigenvalue weighted by Gasteiger charge is -2.30. The third-order valence-corrected chi connectivity index (χ3v) is 2.27. The molecular weight excluding hydrogens is 226 g/mol. The van der Waals surface area contributed by atoms with Gasteiger partial charge in [-0.3, -0.25) is 0 Å². The number of hydrogen-bond acceptors (Lipinski definition) is 4. The fraction of sp³-hybridized carbons (Fsp3) is 0.818. The van der Waals surface area contributed by atoms with E-state index in [0.717, 1.165) is 6.42 Å². The van der Waals surface area contributed by atoms with Crippen LogP contribution in [0.4, 0.5) is 4.79 Å². The Morgan fingerprint density at radius 3 is 2.59 bits per heavy atom.